The molecule has 0 radical (unpaired) electrons. The number of benzene rings is 1. The number of carbonyl (C=O) groups is 5. The zero-order valence-electron chi connectivity index (χ0n) is 32.1. The van der Waals surface area contributed by atoms with Crippen LogP contribution in [0.3, 0.4) is 0 Å². The van der Waals surface area contributed by atoms with Gasteiger partial charge in [0.05, 0.1) is 17.4 Å². The Morgan fingerprint density at radius 3 is 2.36 bits per heavy atom. The van der Waals surface area contributed by atoms with Crippen molar-refractivity contribution in [1.29, 1.82) is 0 Å². The molecule has 19 heteroatoms. The molecule has 56 heavy (non-hydrogen) atoms. The van der Waals surface area contributed by atoms with E-state index in [1.165, 1.54) is 6.92 Å². The van der Waals surface area contributed by atoms with Crippen LogP contribution < -0.4 is 20.7 Å². The highest BCUT2D eigenvalue weighted by Gasteiger charge is 2.61. The van der Waals surface area contributed by atoms with Gasteiger partial charge in [-0.05, 0) is 75.6 Å². The van der Waals surface area contributed by atoms with Gasteiger partial charge in [0.15, 0.2) is 0 Å². The number of fused-ring (bicyclic) bond motifs is 1. The van der Waals surface area contributed by atoms with E-state index < -0.39 is 63.2 Å². The van der Waals surface area contributed by atoms with Gasteiger partial charge in [0.25, 0.3) is 15.9 Å². The Morgan fingerprint density at radius 1 is 1.04 bits per heavy atom. The van der Waals surface area contributed by atoms with Gasteiger partial charge in [0, 0.05) is 18.5 Å². The molecule has 0 saturated heterocycles. The fourth-order valence-corrected chi connectivity index (χ4v) is 10.0. The van der Waals surface area contributed by atoms with Crippen LogP contribution in [0.1, 0.15) is 104 Å². The topological polar surface area (TPSA) is 189 Å². The zero-order chi connectivity index (χ0) is 41.4. The van der Waals surface area contributed by atoms with E-state index in [0.29, 0.717) is 56.6 Å². The van der Waals surface area contributed by atoms with Crippen LogP contribution >= 0.6 is 46.1 Å². The molecule has 310 valence electrons. The van der Waals surface area contributed by atoms with Crippen molar-refractivity contribution in [3.8, 4) is 0 Å². The van der Waals surface area contributed by atoms with Gasteiger partial charge in [0.2, 0.25) is 11.8 Å². The second-order valence-electron chi connectivity index (χ2n) is 15.1. The summed E-state index contributed by atoms with van der Waals surface area (Å²) in [6.07, 6.45) is 3.44. The lowest BCUT2D eigenvalue weighted by Gasteiger charge is -2.25. The molecule has 14 nitrogen and oxygen atoms in total. The maximum Gasteiger partial charge on any atom is 0.410 e. The van der Waals surface area contributed by atoms with Crippen LogP contribution in [0.2, 0.25) is 13.7 Å². The van der Waals surface area contributed by atoms with Crippen LogP contribution in [-0.4, -0.2) is 73.1 Å². The van der Waals surface area contributed by atoms with Crippen LogP contribution in [0.5, 0.6) is 0 Å². The summed E-state index contributed by atoms with van der Waals surface area (Å²) in [7, 11) is -4.31. The Balaban J connectivity index is 1.23. The molecule has 4 atom stereocenters. The number of rotatable bonds is 18. The molecule has 1 aliphatic heterocycles. The highest BCUT2D eigenvalue weighted by Crippen LogP contribution is 2.47. The number of ether oxygens (including phenoxy) is 2. The number of hydrogen-bond donors (Lipinski definition) is 4. The van der Waals surface area contributed by atoms with Crippen LogP contribution in [0, 0.1) is 5.92 Å². The number of thiophene rings is 1. The smallest absolute Gasteiger partial charge is 0.410 e. The second kappa shape index (κ2) is 19.4. The fraction of sp³-hybridized carbons (Fsp3) is 0.595. The lowest BCUT2D eigenvalue weighted by Crippen LogP contribution is -2.51. The average Bonchev–Trinajstić information content (AvgIpc) is 3.40. The van der Waals surface area contributed by atoms with E-state index in [1.807, 2.05) is 19.1 Å². The summed E-state index contributed by atoms with van der Waals surface area (Å²) in [5.74, 6) is -1.98. The third-order valence-corrected chi connectivity index (χ3v) is 13.0. The molecule has 1 saturated carbocycles. The van der Waals surface area contributed by atoms with Crippen LogP contribution in [-0.2, 0) is 47.0 Å². The number of carbonyl (C=O) groups excluding carboxylic acids is 5. The number of hydrogen-bond acceptors (Lipinski definition) is 10. The van der Waals surface area contributed by atoms with Crippen molar-refractivity contribution in [2.75, 3.05) is 6.54 Å². The van der Waals surface area contributed by atoms with Crippen molar-refractivity contribution in [3.05, 3.63) is 49.1 Å². The molecular weight excluding hydrogens is 829 g/mol. The number of amides is 5. The molecule has 2 heterocycles. The largest absolute Gasteiger partial charge is 0.444 e. The number of unbranched alkanes of at least 4 members (excludes halogenated alkanes) is 4. The van der Waals surface area contributed by atoms with Gasteiger partial charge in [0.1, 0.15) is 32.5 Å². The van der Waals surface area contributed by atoms with Gasteiger partial charge in [-0.1, -0.05) is 86.0 Å². The molecule has 2 aliphatic rings. The number of alkyl carbamates (subject to hydrolysis) is 1. The molecule has 1 aromatic carbocycles. The summed E-state index contributed by atoms with van der Waals surface area (Å²) in [6, 6.07) is 5.80. The molecule has 0 spiro atoms. The number of nitrogens with one attached hydrogen (secondary N) is 4. The summed E-state index contributed by atoms with van der Waals surface area (Å²) in [5.41, 5.74) is -0.270. The van der Waals surface area contributed by atoms with Crippen LogP contribution in [0.25, 0.3) is 0 Å². The molecule has 1 fully saturated rings. The molecule has 5 amide bonds. The molecule has 0 bridgehead atoms. The number of halogens is 3. The Kier molecular flexibility index (Phi) is 15.7. The highest BCUT2D eigenvalue weighted by atomic mass is 35.5. The van der Waals surface area contributed by atoms with Gasteiger partial charge < -0.3 is 25.4 Å². The monoisotopic (exact) mass is 877 g/mol. The maximum atomic E-state index is 13.4. The quantitative estimate of drug-likeness (QED) is 0.114. The molecular formula is C37H50Cl3N5O9S2. The third kappa shape index (κ3) is 12.6. The summed E-state index contributed by atoms with van der Waals surface area (Å²) < 4.78 is 39.0. The Labute approximate surface area is 347 Å². The third-order valence-electron chi connectivity index (χ3n) is 9.52. The molecule has 2 aromatic rings. The summed E-state index contributed by atoms with van der Waals surface area (Å²) in [6.45, 7) is 9.05. The normalized spacial score (nSPS) is 18.6. The highest BCUT2D eigenvalue weighted by molar-refractivity contribution is 7.90. The minimum absolute atomic E-state index is 0.0519. The fourth-order valence-electron chi connectivity index (χ4n) is 6.58. The first kappa shape index (κ1) is 45.4. The lowest BCUT2D eigenvalue weighted by atomic mass is 10.0. The molecule has 1 aromatic heterocycles. The van der Waals surface area contributed by atoms with Crippen LogP contribution in [0.4, 0.5) is 9.59 Å². The van der Waals surface area contributed by atoms with Crippen molar-refractivity contribution in [1.82, 2.24) is 25.6 Å². The standard InChI is InChI=1S/C37H50Cl3N5O9S2/c1-6-25(53-35(50)45-20-23-13-12-15-27(38)26(23)21-45)19-41-32(47)28(42-34(49)54-36(3,4)5)16-11-9-7-8-10-14-24-18-37(24,43-22(2)46)33(48)44-56(51,52)29-17-30(39)55-31(29)40/h12-13,15,17,24-25,28H,6-11,14,16,18-21H2,1-5H3,(H,41,47)(H,42,49)(H,43,46)(H,44,48). The van der Waals surface area contributed by atoms with Crippen molar-refractivity contribution >= 4 is 86.1 Å². The van der Waals surface area contributed by atoms with E-state index in [9.17, 15) is 32.4 Å². The van der Waals surface area contributed by atoms with Gasteiger partial charge in [-0.2, -0.15) is 0 Å². The predicted molar refractivity (Wildman–Crippen MR) is 214 cm³/mol. The molecule has 4 N–H and O–H groups in total. The number of sulfonamides is 1. The van der Waals surface area contributed by atoms with Gasteiger partial charge >= 0.3 is 12.2 Å². The Bertz CT molecular complexity index is 1890. The molecule has 1 aliphatic carbocycles. The Morgan fingerprint density at radius 2 is 1.73 bits per heavy atom. The Hall–Kier alpha value is -3.31. The van der Waals surface area contributed by atoms with E-state index >= 15 is 0 Å². The average molecular weight is 879 g/mol. The predicted octanol–water partition coefficient (Wildman–Crippen LogP) is 7.08. The second-order valence-corrected chi connectivity index (χ2v) is 19.5. The first-order chi connectivity index (χ1) is 26.2. The lowest BCUT2D eigenvalue weighted by molar-refractivity contribution is -0.128. The number of nitrogens with zero attached hydrogens (tertiary/aromatic N) is 1. The van der Waals surface area contributed by atoms with Crippen molar-refractivity contribution in [2.45, 2.75) is 134 Å². The molecule has 4 unspecified atom stereocenters. The minimum atomic E-state index is -4.31. The van der Waals surface area contributed by atoms with Crippen molar-refractivity contribution < 1.29 is 41.9 Å². The van der Waals surface area contributed by atoms with E-state index in [0.717, 1.165) is 47.8 Å². The first-order valence-corrected chi connectivity index (χ1v) is 22.0. The van der Waals surface area contributed by atoms with Crippen molar-refractivity contribution in [2.24, 2.45) is 5.92 Å². The zero-order valence-corrected chi connectivity index (χ0v) is 36.0. The SMILES string of the molecule is CCC(CNC(=O)C(CCCCCCCC1CC1(NC(C)=O)C(=O)NS(=O)(=O)c1cc(Cl)sc1Cl)NC(=O)OC(C)(C)C)OC(=O)N1Cc2cccc(Cl)c2C1. The summed E-state index contributed by atoms with van der Waals surface area (Å²) in [5, 5.41) is 8.74. The van der Waals surface area contributed by atoms with E-state index in [-0.39, 0.29) is 26.0 Å². The van der Waals surface area contributed by atoms with E-state index in [1.54, 1.807) is 31.7 Å². The van der Waals surface area contributed by atoms with Crippen molar-refractivity contribution in [3.63, 3.8) is 0 Å². The minimum Gasteiger partial charge on any atom is -0.444 e. The van der Waals surface area contributed by atoms with Crippen LogP contribution in [0.15, 0.2) is 29.2 Å². The molecule has 4 rings (SSSR count). The summed E-state index contributed by atoms with van der Waals surface area (Å²) in [4.78, 5) is 65.4. The van der Waals surface area contributed by atoms with Gasteiger partial charge in [-0.15, -0.1) is 11.3 Å². The maximum absolute atomic E-state index is 13.4. The van der Waals surface area contributed by atoms with Gasteiger partial charge in [-0.25, -0.2) is 22.7 Å². The summed E-state index contributed by atoms with van der Waals surface area (Å²) >= 11 is 19.1. The van der Waals surface area contributed by atoms with Gasteiger partial charge in [-0.3, -0.25) is 19.3 Å². The first-order valence-electron chi connectivity index (χ1n) is 18.5. The van der Waals surface area contributed by atoms with E-state index in [4.69, 9.17) is 44.3 Å². The van der Waals surface area contributed by atoms with E-state index in [2.05, 4.69) is 20.7 Å².